The van der Waals surface area contributed by atoms with Gasteiger partial charge in [-0.1, -0.05) is 81.8 Å². The van der Waals surface area contributed by atoms with Crippen LogP contribution in [0.15, 0.2) is 30.3 Å². The molecule has 0 aromatic heterocycles. The Labute approximate surface area is 169 Å². The fraction of sp³-hybridized carbons (Fsp3) is 0.636. The Hall–Kier alpha value is -1.92. The predicted octanol–water partition coefficient (Wildman–Crippen LogP) is 3.60. The van der Waals surface area contributed by atoms with Gasteiger partial charge >= 0.3 is 0 Å². The van der Waals surface area contributed by atoms with Crippen LogP contribution in [0.1, 0.15) is 64.4 Å². The maximum absolute atomic E-state index is 11.6. The minimum atomic E-state index is -0.579. The van der Waals surface area contributed by atoms with Crippen LogP contribution in [-0.4, -0.2) is 35.3 Å². The second-order valence-corrected chi connectivity index (χ2v) is 7.50. The summed E-state index contributed by atoms with van der Waals surface area (Å²) in [7, 11) is 0. The van der Waals surface area contributed by atoms with Crippen molar-refractivity contribution in [2.45, 2.75) is 65.7 Å². The fourth-order valence-corrected chi connectivity index (χ4v) is 2.86. The molecule has 6 heteroatoms. The summed E-state index contributed by atoms with van der Waals surface area (Å²) in [6, 6.07) is 10.3. The minimum Gasteiger partial charge on any atom is -0.395 e. The second kappa shape index (κ2) is 17.2. The largest absolute Gasteiger partial charge is 0.395 e. The Balaban J connectivity index is 0.000000486. The van der Waals surface area contributed by atoms with E-state index in [4.69, 9.17) is 10.3 Å². The number of hydrogen-bond donors (Lipinski definition) is 4. The highest BCUT2D eigenvalue weighted by Crippen LogP contribution is 2.16. The first-order valence-corrected chi connectivity index (χ1v) is 10.2. The molecule has 0 heterocycles. The van der Waals surface area contributed by atoms with Crippen molar-refractivity contribution >= 4 is 11.8 Å². The molecule has 2 rings (SSSR count). The van der Waals surface area contributed by atoms with Crippen LogP contribution in [0, 0.1) is 18.8 Å². The molecule has 0 spiro atoms. The smallest absolute Gasteiger partial charge is 0.244 e. The second-order valence-electron chi connectivity index (χ2n) is 7.50. The fourth-order valence-electron chi connectivity index (χ4n) is 2.86. The van der Waals surface area contributed by atoms with Crippen LogP contribution in [0.3, 0.4) is 0 Å². The van der Waals surface area contributed by atoms with Crippen molar-refractivity contribution < 1.29 is 19.9 Å². The number of aliphatic hydroxyl groups is 1. The molecule has 1 aliphatic carbocycles. The number of aryl methyl sites for hydroxylation is 1. The van der Waals surface area contributed by atoms with Crippen LogP contribution >= 0.6 is 0 Å². The number of hydroxylamine groups is 1. The van der Waals surface area contributed by atoms with Crippen molar-refractivity contribution in [2.75, 3.05) is 13.2 Å². The number of aliphatic hydroxyl groups excluding tert-OH is 1. The Morgan fingerprint density at radius 2 is 1.57 bits per heavy atom. The summed E-state index contributed by atoms with van der Waals surface area (Å²) < 4.78 is 0. The van der Waals surface area contributed by atoms with E-state index < -0.39 is 11.8 Å². The van der Waals surface area contributed by atoms with Gasteiger partial charge in [-0.3, -0.25) is 14.8 Å². The summed E-state index contributed by atoms with van der Waals surface area (Å²) in [4.78, 5) is 22.6. The number of rotatable bonds is 7. The summed E-state index contributed by atoms with van der Waals surface area (Å²) in [5.41, 5.74) is 2.83. The van der Waals surface area contributed by atoms with Crippen molar-refractivity contribution in [1.82, 2.24) is 10.8 Å². The molecule has 2 amide bonds. The number of benzene rings is 1. The Morgan fingerprint density at radius 1 is 1.04 bits per heavy atom. The molecule has 0 radical (unpaired) electrons. The lowest BCUT2D eigenvalue weighted by Gasteiger charge is -2.17. The SMILES string of the molecule is C1CCCC1.CC(C)C[C@H](CC(=O)NO)C(=O)NCCO.Cc1ccccc1. The molecular formula is C22H38N2O4. The monoisotopic (exact) mass is 394 g/mol. The lowest BCUT2D eigenvalue weighted by Crippen LogP contribution is -2.36. The third-order valence-corrected chi connectivity index (χ3v) is 4.28. The van der Waals surface area contributed by atoms with Gasteiger partial charge in [0, 0.05) is 18.9 Å². The van der Waals surface area contributed by atoms with Gasteiger partial charge in [0.2, 0.25) is 11.8 Å². The molecule has 1 saturated carbocycles. The van der Waals surface area contributed by atoms with E-state index in [2.05, 4.69) is 24.4 Å². The topological polar surface area (TPSA) is 98.7 Å². The minimum absolute atomic E-state index is 0.0497. The molecular weight excluding hydrogens is 356 g/mol. The highest BCUT2D eigenvalue weighted by atomic mass is 16.5. The molecule has 160 valence electrons. The van der Waals surface area contributed by atoms with Crippen molar-refractivity contribution in [3.8, 4) is 0 Å². The zero-order valence-electron chi connectivity index (χ0n) is 17.6. The third kappa shape index (κ3) is 15.2. The summed E-state index contributed by atoms with van der Waals surface area (Å²) >= 11 is 0. The van der Waals surface area contributed by atoms with E-state index in [0.29, 0.717) is 6.42 Å². The summed E-state index contributed by atoms with van der Waals surface area (Å²) in [6.07, 6.45) is 8.01. The third-order valence-electron chi connectivity index (χ3n) is 4.28. The van der Waals surface area contributed by atoms with Gasteiger partial charge in [-0.2, -0.15) is 0 Å². The first kappa shape index (κ1) is 26.1. The van der Waals surface area contributed by atoms with E-state index in [-0.39, 0.29) is 31.4 Å². The summed E-state index contributed by atoms with van der Waals surface area (Å²) in [5.74, 6) is -1.05. The molecule has 0 bridgehead atoms. The van der Waals surface area contributed by atoms with E-state index in [1.807, 2.05) is 32.0 Å². The van der Waals surface area contributed by atoms with Crippen LogP contribution < -0.4 is 10.8 Å². The lowest BCUT2D eigenvalue weighted by molar-refractivity contribution is -0.135. The van der Waals surface area contributed by atoms with E-state index in [1.165, 1.54) is 43.1 Å². The number of hydrogen-bond acceptors (Lipinski definition) is 4. The molecule has 1 fully saturated rings. The van der Waals surface area contributed by atoms with Crippen LogP contribution in [-0.2, 0) is 9.59 Å². The van der Waals surface area contributed by atoms with Crippen LogP contribution in [0.4, 0.5) is 0 Å². The van der Waals surface area contributed by atoms with Crippen molar-refractivity contribution in [2.24, 2.45) is 11.8 Å². The van der Waals surface area contributed by atoms with Crippen molar-refractivity contribution in [3.63, 3.8) is 0 Å². The van der Waals surface area contributed by atoms with Gasteiger partial charge in [0.1, 0.15) is 0 Å². The Morgan fingerprint density at radius 3 is 1.93 bits per heavy atom. The molecule has 6 nitrogen and oxygen atoms in total. The van der Waals surface area contributed by atoms with Crippen LogP contribution in [0.5, 0.6) is 0 Å². The van der Waals surface area contributed by atoms with Gasteiger partial charge in [-0.05, 0) is 19.3 Å². The average molecular weight is 395 g/mol. The molecule has 1 atom stereocenters. The number of amides is 2. The molecule has 28 heavy (non-hydrogen) atoms. The normalized spacial score (nSPS) is 13.5. The molecule has 1 aromatic rings. The first-order valence-electron chi connectivity index (χ1n) is 10.2. The zero-order chi connectivity index (χ0) is 21.2. The molecule has 1 aromatic carbocycles. The summed E-state index contributed by atoms with van der Waals surface area (Å²) in [5, 5.41) is 19.5. The highest BCUT2D eigenvalue weighted by Gasteiger charge is 2.22. The van der Waals surface area contributed by atoms with E-state index in [9.17, 15) is 9.59 Å². The zero-order valence-corrected chi connectivity index (χ0v) is 17.6. The van der Waals surface area contributed by atoms with E-state index in [1.54, 1.807) is 0 Å². The van der Waals surface area contributed by atoms with E-state index >= 15 is 0 Å². The van der Waals surface area contributed by atoms with E-state index in [0.717, 1.165) is 0 Å². The Bertz CT molecular complexity index is 509. The number of carbonyl (C=O) groups is 2. The number of nitrogens with one attached hydrogen (secondary N) is 2. The van der Waals surface area contributed by atoms with Crippen molar-refractivity contribution in [3.05, 3.63) is 35.9 Å². The van der Waals surface area contributed by atoms with Crippen molar-refractivity contribution in [1.29, 1.82) is 0 Å². The predicted molar refractivity (Wildman–Crippen MR) is 112 cm³/mol. The van der Waals surface area contributed by atoms with Gasteiger partial charge in [-0.25, -0.2) is 5.48 Å². The van der Waals surface area contributed by atoms with Crippen LogP contribution in [0.2, 0.25) is 0 Å². The molecule has 1 aliphatic rings. The van der Waals surface area contributed by atoms with Gasteiger partial charge < -0.3 is 10.4 Å². The molecule has 0 unspecified atom stereocenters. The van der Waals surface area contributed by atoms with Gasteiger partial charge in [-0.15, -0.1) is 0 Å². The molecule has 4 N–H and O–H groups in total. The first-order chi connectivity index (χ1) is 13.4. The summed E-state index contributed by atoms with van der Waals surface area (Å²) in [6.45, 7) is 6.02. The number of carbonyl (C=O) groups excluding carboxylic acids is 2. The molecule has 0 saturated heterocycles. The average Bonchev–Trinajstić information content (AvgIpc) is 3.26. The standard InChI is InChI=1S/C10H20N2O4.C7H8.C5H10/c1-7(2)5-8(6-9(14)12-16)10(15)11-3-4-13;1-7-5-3-2-4-6-7;1-2-4-5-3-1/h7-8,13,16H,3-6H2,1-2H3,(H,11,15)(H,12,14);2-6H,1H3;1-5H2/t8-;;/m1../s1. The Kier molecular flexibility index (Phi) is 16.0. The maximum Gasteiger partial charge on any atom is 0.244 e. The lowest BCUT2D eigenvalue weighted by atomic mass is 9.93. The van der Waals surface area contributed by atoms with Gasteiger partial charge in [0.15, 0.2) is 0 Å². The van der Waals surface area contributed by atoms with Gasteiger partial charge in [0.25, 0.3) is 0 Å². The van der Waals surface area contributed by atoms with Crippen LogP contribution in [0.25, 0.3) is 0 Å². The van der Waals surface area contributed by atoms with Gasteiger partial charge in [0.05, 0.1) is 6.61 Å². The quantitative estimate of drug-likeness (QED) is 0.419. The molecule has 0 aliphatic heterocycles. The highest BCUT2D eigenvalue weighted by molar-refractivity contribution is 5.85. The maximum atomic E-state index is 11.6.